The Morgan fingerprint density at radius 1 is 1.00 bits per heavy atom. The number of carbonyl (C=O) groups is 3. The van der Waals surface area contributed by atoms with Crippen LogP contribution in [0.15, 0.2) is 53.4 Å². The second-order valence-corrected chi connectivity index (χ2v) is 9.01. The van der Waals surface area contributed by atoms with E-state index < -0.39 is 17.1 Å². The lowest BCUT2D eigenvalue weighted by Crippen LogP contribution is -2.52. The zero-order valence-corrected chi connectivity index (χ0v) is 18.8. The molecule has 0 aromatic heterocycles. The van der Waals surface area contributed by atoms with Gasteiger partial charge < -0.3 is 19.7 Å². The van der Waals surface area contributed by atoms with Crippen LogP contribution in [-0.4, -0.2) is 63.6 Å². The number of anilines is 1. The third-order valence-electron chi connectivity index (χ3n) is 5.93. The number of amides is 3. The lowest BCUT2D eigenvalue weighted by molar-refractivity contribution is -0.136. The van der Waals surface area contributed by atoms with E-state index in [1.165, 1.54) is 0 Å². The summed E-state index contributed by atoms with van der Waals surface area (Å²) in [6, 6.07) is 13.8. The molecule has 33 heavy (non-hydrogen) atoms. The molecule has 2 aromatic carbocycles. The van der Waals surface area contributed by atoms with E-state index in [0.29, 0.717) is 23.4 Å². The van der Waals surface area contributed by atoms with Crippen molar-refractivity contribution in [2.75, 3.05) is 31.1 Å². The fourth-order valence-corrected chi connectivity index (χ4v) is 4.61. The highest BCUT2D eigenvalue weighted by atomic mass is 32.2. The maximum atomic E-state index is 12.6. The standard InChI is InChI=1S/C17H20N4O3.C6H6O2S/c22-15-4-3-14(16(23)19-15)21-10-11-9-12(1-2-13(11)17(21)24)20-7-5-18-6-8-20;7-9(8)6-4-2-1-3-5-6/h1-2,9,14,18H,3-8,10H2,(H,19,22,23);1-5H,(H,7,8). The van der Waals surface area contributed by atoms with Crippen molar-refractivity contribution in [1.29, 1.82) is 0 Å². The van der Waals surface area contributed by atoms with Gasteiger partial charge >= 0.3 is 0 Å². The maximum Gasteiger partial charge on any atom is 0.255 e. The number of hydrogen-bond donors (Lipinski definition) is 3. The number of piperidine rings is 1. The minimum atomic E-state index is -1.83. The van der Waals surface area contributed by atoms with Gasteiger partial charge in [-0.15, -0.1) is 0 Å². The maximum absolute atomic E-state index is 12.6. The summed E-state index contributed by atoms with van der Waals surface area (Å²) >= 11 is -1.83. The Bertz CT molecular complexity index is 1070. The lowest BCUT2D eigenvalue weighted by atomic mass is 10.0. The van der Waals surface area contributed by atoms with E-state index in [4.69, 9.17) is 4.55 Å². The predicted molar refractivity (Wildman–Crippen MR) is 123 cm³/mol. The van der Waals surface area contributed by atoms with Gasteiger partial charge in [0.05, 0.1) is 4.90 Å². The molecule has 3 aliphatic heterocycles. The van der Waals surface area contributed by atoms with E-state index >= 15 is 0 Å². The SMILES string of the molecule is O=C1CCC(N2Cc3cc(N4CCNCC4)ccc3C2=O)C(=O)N1.O=S(O)c1ccccc1. The molecule has 3 amide bonds. The molecule has 3 aliphatic rings. The quantitative estimate of drug-likeness (QED) is 0.454. The van der Waals surface area contributed by atoms with Crippen LogP contribution >= 0.6 is 0 Å². The van der Waals surface area contributed by atoms with Gasteiger partial charge in [0, 0.05) is 50.4 Å². The Labute approximate surface area is 194 Å². The molecule has 2 aromatic rings. The predicted octanol–water partition coefficient (Wildman–Crippen LogP) is 1.12. The Hall–Kier alpha value is -3.08. The van der Waals surface area contributed by atoms with Gasteiger partial charge in [-0.25, -0.2) is 4.21 Å². The molecule has 174 valence electrons. The Morgan fingerprint density at radius 3 is 2.36 bits per heavy atom. The summed E-state index contributed by atoms with van der Waals surface area (Å²) in [6.07, 6.45) is 0.678. The second kappa shape index (κ2) is 10.2. The fraction of sp³-hybridized carbons (Fsp3) is 0.348. The highest BCUT2D eigenvalue weighted by Gasteiger charge is 2.39. The number of nitrogens with one attached hydrogen (secondary N) is 2. The molecule has 2 saturated heterocycles. The Kier molecular flexibility index (Phi) is 7.17. The lowest BCUT2D eigenvalue weighted by Gasteiger charge is -2.30. The van der Waals surface area contributed by atoms with Gasteiger partial charge in [0.1, 0.15) is 6.04 Å². The molecule has 2 atom stereocenters. The van der Waals surface area contributed by atoms with E-state index in [2.05, 4.69) is 21.6 Å². The van der Waals surface area contributed by atoms with Gasteiger partial charge in [-0.1, -0.05) is 18.2 Å². The molecule has 0 aliphatic carbocycles. The monoisotopic (exact) mass is 470 g/mol. The number of hydrogen-bond acceptors (Lipinski definition) is 6. The topological polar surface area (TPSA) is 119 Å². The van der Waals surface area contributed by atoms with Crippen molar-refractivity contribution < 1.29 is 23.1 Å². The van der Waals surface area contributed by atoms with Crippen molar-refractivity contribution in [3.8, 4) is 0 Å². The van der Waals surface area contributed by atoms with Crippen LogP contribution in [0.2, 0.25) is 0 Å². The normalized spacial score (nSPS) is 21.1. The minimum absolute atomic E-state index is 0.119. The summed E-state index contributed by atoms with van der Waals surface area (Å²) in [5.41, 5.74) is 2.74. The van der Waals surface area contributed by atoms with Crippen LogP contribution in [0.25, 0.3) is 0 Å². The third kappa shape index (κ3) is 5.29. The third-order valence-corrected chi connectivity index (χ3v) is 6.61. The Morgan fingerprint density at radius 2 is 1.73 bits per heavy atom. The van der Waals surface area contributed by atoms with E-state index in [1.807, 2.05) is 12.1 Å². The average Bonchev–Trinajstić information content (AvgIpc) is 3.16. The highest BCUT2D eigenvalue weighted by Crippen LogP contribution is 2.30. The van der Waals surface area contributed by atoms with Crippen molar-refractivity contribution in [1.82, 2.24) is 15.5 Å². The van der Waals surface area contributed by atoms with E-state index in [0.717, 1.165) is 37.4 Å². The molecule has 10 heteroatoms. The number of carbonyl (C=O) groups excluding carboxylic acids is 3. The average molecular weight is 471 g/mol. The summed E-state index contributed by atoms with van der Waals surface area (Å²) in [6.45, 7) is 4.24. The first-order valence-corrected chi connectivity index (χ1v) is 11.9. The van der Waals surface area contributed by atoms with Gasteiger partial charge in [-0.3, -0.25) is 19.7 Å². The minimum Gasteiger partial charge on any atom is -0.369 e. The van der Waals surface area contributed by atoms with Gasteiger partial charge in [0.25, 0.3) is 5.91 Å². The van der Waals surface area contributed by atoms with Crippen LogP contribution in [0.4, 0.5) is 5.69 Å². The van der Waals surface area contributed by atoms with Crippen molar-refractivity contribution in [3.05, 3.63) is 59.7 Å². The molecule has 5 rings (SSSR count). The molecule has 3 N–H and O–H groups in total. The van der Waals surface area contributed by atoms with Crippen molar-refractivity contribution >= 4 is 34.5 Å². The number of imide groups is 1. The van der Waals surface area contributed by atoms with Crippen LogP contribution in [-0.2, 0) is 27.2 Å². The number of nitrogens with zero attached hydrogens (tertiary/aromatic N) is 2. The highest BCUT2D eigenvalue weighted by molar-refractivity contribution is 7.79. The van der Waals surface area contributed by atoms with Crippen molar-refractivity contribution in [2.45, 2.75) is 30.3 Å². The van der Waals surface area contributed by atoms with E-state index in [9.17, 15) is 18.6 Å². The van der Waals surface area contributed by atoms with Crippen LogP contribution < -0.4 is 15.5 Å². The van der Waals surface area contributed by atoms with Gasteiger partial charge in [-0.05, 0) is 42.3 Å². The zero-order valence-electron chi connectivity index (χ0n) is 18.0. The largest absolute Gasteiger partial charge is 0.369 e. The summed E-state index contributed by atoms with van der Waals surface area (Å²) < 4.78 is 18.8. The number of piperazine rings is 1. The van der Waals surface area contributed by atoms with E-state index in [-0.39, 0.29) is 24.1 Å². The van der Waals surface area contributed by atoms with Crippen LogP contribution in [0.5, 0.6) is 0 Å². The molecular weight excluding hydrogens is 444 g/mol. The first-order valence-electron chi connectivity index (χ1n) is 10.8. The zero-order chi connectivity index (χ0) is 23.4. The number of benzene rings is 2. The number of rotatable bonds is 3. The van der Waals surface area contributed by atoms with Gasteiger partial charge in [-0.2, -0.15) is 0 Å². The first-order chi connectivity index (χ1) is 15.9. The summed E-state index contributed by atoms with van der Waals surface area (Å²) in [7, 11) is 0. The molecule has 0 bridgehead atoms. The second-order valence-electron chi connectivity index (χ2n) is 8.04. The van der Waals surface area contributed by atoms with Crippen molar-refractivity contribution in [3.63, 3.8) is 0 Å². The summed E-state index contributed by atoms with van der Waals surface area (Å²) in [4.78, 5) is 40.4. The molecule has 2 unspecified atom stereocenters. The van der Waals surface area contributed by atoms with Crippen molar-refractivity contribution in [2.24, 2.45) is 0 Å². The molecule has 2 fully saturated rings. The van der Waals surface area contributed by atoms with Crippen LogP contribution in [0.1, 0.15) is 28.8 Å². The van der Waals surface area contributed by atoms with Crippen LogP contribution in [0, 0.1) is 0 Å². The molecule has 9 nitrogen and oxygen atoms in total. The van der Waals surface area contributed by atoms with Crippen LogP contribution in [0.3, 0.4) is 0 Å². The molecule has 0 radical (unpaired) electrons. The number of fused-ring (bicyclic) bond motifs is 1. The van der Waals surface area contributed by atoms with E-state index in [1.54, 1.807) is 35.2 Å². The molecular formula is C23H26N4O5S. The first kappa shape index (κ1) is 23.1. The Balaban J connectivity index is 0.000000243. The summed E-state index contributed by atoms with van der Waals surface area (Å²) in [5, 5.41) is 5.66. The van der Waals surface area contributed by atoms with Gasteiger partial charge in [0.2, 0.25) is 11.8 Å². The summed E-state index contributed by atoms with van der Waals surface area (Å²) in [5.74, 6) is -0.748. The van der Waals surface area contributed by atoms with Gasteiger partial charge in [0.15, 0.2) is 11.1 Å². The fourth-order valence-electron chi connectivity index (χ4n) is 4.22. The molecule has 0 saturated carbocycles. The molecule has 3 heterocycles. The molecule has 0 spiro atoms. The smallest absolute Gasteiger partial charge is 0.255 e.